The number of nitrogens with zero attached hydrogens (tertiary/aromatic N) is 1. The first-order chi connectivity index (χ1) is 9.54. The molecule has 1 amide bonds. The maximum atomic E-state index is 11.9. The van der Waals surface area contributed by atoms with E-state index in [0.717, 1.165) is 12.0 Å². The van der Waals surface area contributed by atoms with E-state index in [9.17, 15) is 4.79 Å². The fourth-order valence-electron chi connectivity index (χ4n) is 1.84. The first-order valence-electron chi connectivity index (χ1n) is 7.06. The summed E-state index contributed by atoms with van der Waals surface area (Å²) in [5.41, 5.74) is 2.36. The number of benzene rings is 1. The lowest BCUT2D eigenvalue weighted by Gasteiger charge is -2.14. The monoisotopic (exact) mass is 275 g/mol. The van der Waals surface area contributed by atoms with E-state index in [1.807, 2.05) is 25.3 Å². The second-order valence-electron chi connectivity index (χ2n) is 5.26. The SMILES string of the molecule is COCCCN(C)C(=O)/C=C/c1ccc(C(C)C)cc1. The van der Waals surface area contributed by atoms with Gasteiger partial charge in [-0.25, -0.2) is 0 Å². The van der Waals surface area contributed by atoms with Crippen LogP contribution in [0.25, 0.3) is 6.08 Å². The van der Waals surface area contributed by atoms with Crippen molar-refractivity contribution in [2.24, 2.45) is 0 Å². The van der Waals surface area contributed by atoms with Crippen molar-refractivity contribution in [1.29, 1.82) is 0 Å². The molecule has 110 valence electrons. The Balaban J connectivity index is 2.51. The fraction of sp³-hybridized carbons (Fsp3) is 0.471. The van der Waals surface area contributed by atoms with Crippen LogP contribution in [0.1, 0.15) is 37.3 Å². The van der Waals surface area contributed by atoms with Crippen molar-refractivity contribution < 1.29 is 9.53 Å². The van der Waals surface area contributed by atoms with Crippen LogP contribution in [0.15, 0.2) is 30.3 Å². The highest BCUT2D eigenvalue weighted by Gasteiger charge is 2.04. The van der Waals surface area contributed by atoms with Crippen molar-refractivity contribution in [3.05, 3.63) is 41.5 Å². The number of ether oxygens (including phenoxy) is 1. The average Bonchev–Trinajstić information content (AvgIpc) is 2.45. The fourth-order valence-corrected chi connectivity index (χ4v) is 1.84. The van der Waals surface area contributed by atoms with Crippen molar-refractivity contribution in [1.82, 2.24) is 4.90 Å². The van der Waals surface area contributed by atoms with Crippen LogP contribution in [0.3, 0.4) is 0 Å². The second kappa shape index (κ2) is 8.54. The lowest BCUT2D eigenvalue weighted by molar-refractivity contribution is -0.124. The van der Waals surface area contributed by atoms with Crippen LogP contribution in [0.4, 0.5) is 0 Å². The summed E-state index contributed by atoms with van der Waals surface area (Å²) >= 11 is 0. The Morgan fingerprint density at radius 2 is 1.95 bits per heavy atom. The van der Waals surface area contributed by atoms with E-state index in [1.54, 1.807) is 18.1 Å². The van der Waals surface area contributed by atoms with E-state index in [4.69, 9.17) is 4.74 Å². The molecular formula is C17H25NO2. The Morgan fingerprint density at radius 1 is 1.30 bits per heavy atom. The van der Waals surface area contributed by atoms with Crippen LogP contribution < -0.4 is 0 Å². The maximum Gasteiger partial charge on any atom is 0.246 e. The zero-order chi connectivity index (χ0) is 15.0. The van der Waals surface area contributed by atoms with Gasteiger partial charge in [-0.2, -0.15) is 0 Å². The molecule has 20 heavy (non-hydrogen) atoms. The molecule has 0 bridgehead atoms. The molecule has 0 fully saturated rings. The number of rotatable bonds is 7. The van der Waals surface area contributed by atoms with E-state index in [2.05, 4.69) is 26.0 Å². The molecule has 3 nitrogen and oxygen atoms in total. The molecule has 0 aliphatic carbocycles. The van der Waals surface area contributed by atoms with Gasteiger partial charge in [-0.15, -0.1) is 0 Å². The zero-order valence-electron chi connectivity index (χ0n) is 12.9. The third-order valence-corrected chi connectivity index (χ3v) is 3.24. The Bertz CT molecular complexity index is 435. The standard InChI is InChI=1S/C17H25NO2/c1-14(2)16-9-6-15(7-10-16)8-11-17(19)18(3)12-5-13-20-4/h6-11,14H,5,12-13H2,1-4H3/b11-8+. The summed E-state index contributed by atoms with van der Waals surface area (Å²) < 4.78 is 4.98. The molecule has 1 rings (SSSR count). The summed E-state index contributed by atoms with van der Waals surface area (Å²) in [6.07, 6.45) is 4.34. The van der Waals surface area contributed by atoms with Gasteiger partial charge in [-0.05, 0) is 29.5 Å². The van der Waals surface area contributed by atoms with Crippen molar-refractivity contribution >= 4 is 12.0 Å². The molecule has 0 saturated carbocycles. The molecule has 0 saturated heterocycles. The molecular weight excluding hydrogens is 250 g/mol. The van der Waals surface area contributed by atoms with Gasteiger partial charge in [0.25, 0.3) is 0 Å². The molecule has 0 aromatic heterocycles. The minimum Gasteiger partial charge on any atom is -0.385 e. The first-order valence-corrected chi connectivity index (χ1v) is 7.06. The van der Waals surface area contributed by atoms with Gasteiger partial charge in [0.05, 0.1) is 0 Å². The third-order valence-electron chi connectivity index (χ3n) is 3.24. The summed E-state index contributed by atoms with van der Waals surface area (Å²) in [6.45, 7) is 5.73. The van der Waals surface area contributed by atoms with Gasteiger partial charge in [0.15, 0.2) is 0 Å². The summed E-state index contributed by atoms with van der Waals surface area (Å²) in [4.78, 5) is 13.6. The summed E-state index contributed by atoms with van der Waals surface area (Å²) in [5, 5.41) is 0. The van der Waals surface area contributed by atoms with E-state index >= 15 is 0 Å². The average molecular weight is 275 g/mol. The highest BCUT2D eigenvalue weighted by molar-refractivity contribution is 5.91. The van der Waals surface area contributed by atoms with Crippen molar-refractivity contribution in [3.63, 3.8) is 0 Å². The number of hydrogen-bond acceptors (Lipinski definition) is 2. The van der Waals surface area contributed by atoms with Gasteiger partial charge in [0.1, 0.15) is 0 Å². The Morgan fingerprint density at radius 3 is 2.50 bits per heavy atom. The van der Waals surface area contributed by atoms with Crippen LogP contribution >= 0.6 is 0 Å². The van der Waals surface area contributed by atoms with Gasteiger partial charge >= 0.3 is 0 Å². The predicted octanol–water partition coefficient (Wildman–Crippen LogP) is 3.32. The summed E-state index contributed by atoms with van der Waals surface area (Å²) in [6, 6.07) is 8.31. The molecule has 0 atom stereocenters. The number of carbonyl (C=O) groups excluding carboxylic acids is 1. The van der Waals surface area contributed by atoms with Crippen LogP contribution in [0, 0.1) is 0 Å². The normalized spacial score (nSPS) is 11.2. The Hall–Kier alpha value is -1.61. The molecule has 0 aliphatic rings. The smallest absolute Gasteiger partial charge is 0.246 e. The summed E-state index contributed by atoms with van der Waals surface area (Å²) in [7, 11) is 3.48. The van der Waals surface area contributed by atoms with E-state index < -0.39 is 0 Å². The maximum absolute atomic E-state index is 11.9. The minimum absolute atomic E-state index is 0.0223. The van der Waals surface area contributed by atoms with Gasteiger partial charge in [0, 0.05) is 33.4 Å². The van der Waals surface area contributed by atoms with E-state index in [1.165, 1.54) is 5.56 Å². The number of hydrogen-bond donors (Lipinski definition) is 0. The number of methoxy groups -OCH3 is 1. The lowest BCUT2D eigenvalue weighted by atomic mass is 10.0. The van der Waals surface area contributed by atoms with Gasteiger partial charge < -0.3 is 9.64 Å². The molecule has 1 aromatic carbocycles. The van der Waals surface area contributed by atoms with E-state index in [-0.39, 0.29) is 5.91 Å². The van der Waals surface area contributed by atoms with Crippen LogP contribution in [-0.4, -0.2) is 38.1 Å². The predicted molar refractivity (Wildman–Crippen MR) is 83.7 cm³/mol. The van der Waals surface area contributed by atoms with Gasteiger partial charge in [-0.1, -0.05) is 38.1 Å². The van der Waals surface area contributed by atoms with Crippen molar-refractivity contribution in [3.8, 4) is 0 Å². The first kappa shape index (κ1) is 16.4. The quantitative estimate of drug-likeness (QED) is 0.564. The molecule has 3 heteroatoms. The zero-order valence-corrected chi connectivity index (χ0v) is 12.9. The van der Waals surface area contributed by atoms with Crippen LogP contribution in [0.5, 0.6) is 0 Å². The summed E-state index contributed by atoms with van der Waals surface area (Å²) in [5.74, 6) is 0.551. The molecule has 0 aliphatic heterocycles. The van der Waals surface area contributed by atoms with E-state index in [0.29, 0.717) is 19.1 Å². The van der Waals surface area contributed by atoms with Crippen molar-refractivity contribution in [2.45, 2.75) is 26.2 Å². The second-order valence-corrected chi connectivity index (χ2v) is 5.26. The largest absolute Gasteiger partial charge is 0.385 e. The van der Waals surface area contributed by atoms with Crippen LogP contribution in [-0.2, 0) is 9.53 Å². The highest BCUT2D eigenvalue weighted by Crippen LogP contribution is 2.15. The molecule has 0 radical (unpaired) electrons. The molecule has 0 spiro atoms. The number of likely N-dealkylation sites (N-methyl/N-ethyl adjacent to an activating group) is 1. The van der Waals surface area contributed by atoms with Gasteiger partial charge in [0.2, 0.25) is 5.91 Å². The van der Waals surface area contributed by atoms with Crippen LogP contribution in [0.2, 0.25) is 0 Å². The molecule has 0 heterocycles. The van der Waals surface area contributed by atoms with Gasteiger partial charge in [-0.3, -0.25) is 4.79 Å². The highest BCUT2D eigenvalue weighted by atomic mass is 16.5. The molecule has 0 unspecified atom stereocenters. The Kier molecular flexibility index (Phi) is 7.02. The number of carbonyl (C=O) groups is 1. The Labute approximate surface area is 122 Å². The van der Waals surface area contributed by atoms with Crippen molar-refractivity contribution in [2.75, 3.05) is 27.3 Å². The third kappa shape index (κ3) is 5.57. The minimum atomic E-state index is 0.0223. The molecule has 1 aromatic rings. The molecule has 0 N–H and O–H groups in total. The topological polar surface area (TPSA) is 29.5 Å². The number of amides is 1. The lowest BCUT2D eigenvalue weighted by Crippen LogP contribution is -2.26.